The number of aliphatic hydroxyl groups excluding tert-OH is 1. The molecule has 4 heteroatoms. The van der Waals surface area contributed by atoms with Gasteiger partial charge in [-0.05, 0) is 23.6 Å². The first-order valence-electron chi connectivity index (χ1n) is 6.03. The highest BCUT2D eigenvalue weighted by Crippen LogP contribution is 2.18. The molecule has 4 nitrogen and oxygen atoms in total. The number of carbonyl (C=O) groups excluding carboxylic acids is 1. The van der Waals surface area contributed by atoms with Gasteiger partial charge in [0.2, 0.25) is 0 Å². The molecule has 1 unspecified atom stereocenters. The molecule has 0 spiro atoms. The fraction of sp³-hybridized carbons (Fsp3) is 0.500. The molecule has 0 aliphatic carbocycles. The molecule has 0 aliphatic heterocycles. The molecular weight excluding hydrogens is 232 g/mol. The summed E-state index contributed by atoms with van der Waals surface area (Å²) in [5, 5.41) is 9.50. The lowest BCUT2D eigenvalue weighted by Gasteiger charge is -2.13. The van der Waals surface area contributed by atoms with Crippen LogP contribution in [-0.4, -0.2) is 30.4 Å². The monoisotopic (exact) mass is 252 g/mol. The van der Waals surface area contributed by atoms with Crippen LogP contribution in [0, 0.1) is 0 Å². The Hall–Kier alpha value is -1.55. The lowest BCUT2D eigenvalue weighted by Crippen LogP contribution is -2.24. The molecule has 1 aromatic carbocycles. The van der Waals surface area contributed by atoms with E-state index in [0.717, 1.165) is 0 Å². The number of esters is 1. The summed E-state index contributed by atoms with van der Waals surface area (Å²) in [7, 11) is 0. The van der Waals surface area contributed by atoms with Crippen LogP contribution >= 0.6 is 0 Å². The van der Waals surface area contributed by atoms with Crippen LogP contribution in [0.1, 0.15) is 32.3 Å². The maximum atomic E-state index is 10.5. The average molecular weight is 252 g/mol. The van der Waals surface area contributed by atoms with Crippen LogP contribution in [0.5, 0.6) is 5.75 Å². The second-order valence-corrected chi connectivity index (χ2v) is 4.49. The van der Waals surface area contributed by atoms with E-state index in [1.54, 1.807) is 0 Å². The zero-order valence-corrected chi connectivity index (χ0v) is 11.1. The van der Waals surface area contributed by atoms with Gasteiger partial charge >= 0.3 is 5.97 Å². The lowest BCUT2D eigenvalue weighted by molar-refractivity contribution is -0.144. The first kappa shape index (κ1) is 14.5. The van der Waals surface area contributed by atoms with E-state index < -0.39 is 12.1 Å². The fourth-order valence-corrected chi connectivity index (χ4v) is 1.40. The third kappa shape index (κ3) is 5.19. The van der Waals surface area contributed by atoms with Gasteiger partial charge in [-0.25, -0.2) is 0 Å². The van der Waals surface area contributed by atoms with Crippen LogP contribution in [0.15, 0.2) is 24.3 Å². The number of hydrogen-bond donors (Lipinski definition) is 1. The molecule has 0 amide bonds. The zero-order valence-electron chi connectivity index (χ0n) is 11.1. The Labute approximate surface area is 108 Å². The minimum atomic E-state index is -0.807. The van der Waals surface area contributed by atoms with E-state index in [0.29, 0.717) is 11.7 Å². The first-order chi connectivity index (χ1) is 8.49. The van der Waals surface area contributed by atoms with Gasteiger partial charge in [-0.3, -0.25) is 4.79 Å². The summed E-state index contributed by atoms with van der Waals surface area (Å²) in [5.74, 6) is 0.769. The van der Waals surface area contributed by atoms with Crippen LogP contribution in [0.4, 0.5) is 0 Å². The van der Waals surface area contributed by atoms with Gasteiger partial charge < -0.3 is 14.6 Å². The number of carbonyl (C=O) groups is 1. The number of aliphatic hydroxyl groups is 1. The Bertz CT molecular complexity index is 370. The van der Waals surface area contributed by atoms with E-state index >= 15 is 0 Å². The normalized spacial score (nSPS) is 12.3. The topological polar surface area (TPSA) is 55.8 Å². The SMILES string of the molecule is CC(=O)OCC(O)COc1ccc(C(C)C)cc1. The second-order valence-electron chi connectivity index (χ2n) is 4.49. The van der Waals surface area contributed by atoms with Crippen molar-refractivity contribution in [2.45, 2.75) is 32.8 Å². The van der Waals surface area contributed by atoms with E-state index in [2.05, 4.69) is 18.6 Å². The van der Waals surface area contributed by atoms with Crippen LogP contribution in [0.3, 0.4) is 0 Å². The molecule has 1 N–H and O–H groups in total. The maximum absolute atomic E-state index is 10.5. The standard InChI is InChI=1S/C14H20O4/c1-10(2)12-4-6-14(7-5-12)18-9-13(16)8-17-11(3)15/h4-7,10,13,16H,8-9H2,1-3H3. The number of hydrogen-bond acceptors (Lipinski definition) is 4. The van der Waals surface area contributed by atoms with Gasteiger partial charge in [-0.15, -0.1) is 0 Å². The second kappa shape index (κ2) is 7.01. The molecule has 0 heterocycles. The van der Waals surface area contributed by atoms with E-state index in [4.69, 9.17) is 4.74 Å². The van der Waals surface area contributed by atoms with Crippen molar-refractivity contribution in [2.24, 2.45) is 0 Å². The minimum absolute atomic E-state index is 0.0423. The Morgan fingerprint density at radius 2 is 1.83 bits per heavy atom. The molecule has 0 radical (unpaired) electrons. The quantitative estimate of drug-likeness (QED) is 0.788. The molecule has 1 aromatic rings. The summed E-state index contributed by atoms with van der Waals surface area (Å²) in [6, 6.07) is 7.73. The highest BCUT2D eigenvalue weighted by atomic mass is 16.5. The van der Waals surface area contributed by atoms with Crippen LogP contribution in [-0.2, 0) is 9.53 Å². The Morgan fingerprint density at radius 1 is 1.22 bits per heavy atom. The number of ether oxygens (including phenoxy) is 2. The first-order valence-corrected chi connectivity index (χ1v) is 6.03. The third-order valence-corrected chi connectivity index (χ3v) is 2.47. The summed E-state index contributed by atoms with van der Waals surface area (Å²) in [6.45, 7) is 5.61. The van der Waals surface area contributed by atoms with Gasteiger partial charge in [-0.2, -0.15) is 0 Å². The van der Waals surface area contributed by atoms with Crippen molar-refractivity contribution in [3.05, 3.63) is 29.8 Å². The molecule has 1 atom stereocenters. The lowest BCUT2D eigenvalue weighted by atomic mass is 10.0. The molecule has 0 aromatic heterocycles. The van der Waals surface area contributed by atoms with Gasteiger partial charge in [0, 0.05) is 6.92 Å². The van der Waals surface area contributed by atoms with Gasteiger partial charge in [-0.1, -0.05) is 26.0 Å². The molecule has 0 aliphatic rings. The van der Waals surface area contributed by atoms with E-state index in [9.17, 15) is 9.90 Å². The van der Waals surface area contributed by atoms with E-state index in [1.165, 1.54) is 12.5 Å². The minimum Gasteiger partial charge on any atom is -0.491 e. The molecule has 100 valence electrons. The van der Waals surface area contributed by atoms with Crippen molar-refractivity contribution in [3.63, 3.8) is 0 Å². The molecular formula is C14H20O4. The average Bonchev–Trinajstić information content (AvgIpc) is 2.34. The maximum Gasteiger partial charge on any atom is 0.302 e. The number of rotatable bonds is 6. The molecule has 1 rings (SSSR count). The van der Waals surface area contributed by atoms with Crippen molar-refractivity contribution in [3.8, 4) is 5.75 Å². The zero-order chi connectivity index (χ0) is 13.5. The molecule has 0 saturated carbocycles. The smallest absolute Gasteiger partial charge is 0.302 e. The summed E-state index contributed by atoms with van der Waals surface area (Å²) in [6.07, 6.45) is -0.807. The van der Waals surface area contributed by atoms with Crippen molar-refractivity contribution >= 4 is 5.97 Å². The highest BCUT2D eigenvalue weighted by Gasteiger charge is 2.07. The van der Waals surface area contributed by atoms with Crippen LogP contribution in [0.2, 0.25) is 0 Å². The summed E-state index contributed by atoms with van der Waals surface area (Å²) >= 11 is 0. The summed E-state index contributed by atoms with van der Waals surface area (Å²) < 4.78 is 10.1. The van der Waals surface area contributed by atoms with E-state index in [1.807, 2.05) is 24.3 Å². The fourth-order valence-electron chi connectivity index (χ4n) is 1.40. The van der Waals surface area contributed by atoms with Gasteiger partial charge in [0.25, 0.3) is 0 Å². The van der Waals surface area contributed by atoms with Gasteiger partial charge in [0.15, 0.2) is 0 Å². The Balaban J connectivity index is 2.36. The van der Waals surface area contributed by atoms with Crippen LogP contribution in [0.25, 0.3) is 0 Å². The predicted molar refractivity (Wildman–Crippen MR) is 68.7 cm³/mol. The Morgan fingerprint density at radius 3 is 2.33 bits per heavy atom. The largest absolute Gasteiger partial charge is 0.491 e. The Kier molecular flexibility index (Phi) is 5.65. The predicted octanol–water partition coefficient (Wildman–Crippen LogP) is 2.11. The van der Waals surface area contributed by atoms with Crippen molar-refractivity contribution in [1.29, 1.82) is 0 Å². The van der Waals surface area contributed by atoms with Gasteiger partial charge in [0.05, 0.1) is 0 Å². The van der Waals surface area contributed by atoms with E-state index in [-0.39, 0.29) is 13.2 Å². The summed E-state index contributed by atoms with van der Waals surface area (Å²) in [5.41, 5.74) is 1.24. The number of benzene rings is 1. The molecule has 0 bridgehead atoms. The van der Waals surface area contributed by atoms with Crippen molar-refractivity contribution < 1.29 is 19.4 Å². The third-order valence-electron chi connectivity index (χ3n) is 2.47. The van der Waals surface area contributed by atoms with Gasteiger partial charge in [0.1, 0.15) is 25.1 Å². The molecule has 0 saturated heterocycles. The summed E-state index contributed by atoms with van der Waals surface area (Å²) in [4.78, 5) is 10.5. The molecule has 18 heavy (non-hydrogen) atoms. The van der Waals surface area contributed by atoms with Crippen LogP contribution < -0.4 is 4.74 Å². The van der Waals surface area contributed by atoms with Crippen molar-refractivity contribution in [1.82, 2.24) is 0 Å². The van der Waals surface area contributed by atoms with Crippen molar-refractivity contribution in [2.75, 3.05) is 13.2 Å². The molecule has 0 fully saturated rings. The highest BCUT2D eigenvalue weighted by molar-refractivity contribution is 5.65.